The van der Waals surface area contributed by atoms with E-state index in [2.05, 4.69) is 31.1 Å². The summed E-state index contributed by atoms with van der Waals surface area (Å²) in [5, 5.41) is 20.0. The average Bonchev–Trinajstić information content (AvgIpc) is 3.43. The van der Waals surface area contributed by atoms with Gasteiger partial charge < -0.3 is 10.6 Å². The number of carbonyl (C=O) groups is 2. The van der Waals surface area contributed by atoms with Crippen molar-refractivity contribution in [1.82, 2.24) is 30.5 Å². The van der Waals surface area contributed by atoms with E-state index in [9.17, 15) is 18.4 Å². The molecule has 0 atom stereocenters. The highest BCUT2D eigenvalue weighted by atomic mass is 35.5. The molecule has 2 aromatic carbocycles. The van der Waals surface area contributed by atoms with Crippen molar-refractivity contribution in [1.29, 1.82) is 0 Å². The van der Waals surface area contributed by atoms with Crippen LogP contribution in [0.2, 0.25) is 10.0 Å². The van der Waals surface area contributed by atoms with E-state index in [1.807, 2.05) is 19.1 Å². The summed E-state index contributed by atoms with van der Waals surface area (Å²) in [6.45, 7) is 2.44. The van der Waals surface area contributed by atoms with Crippen molar-refractivity contribution < 1.29 is 18.4 Å². The van der Waals surface area contributed by atoms with Crippen molar-refractivity contribution in [2.24, 2.45) is 0 Å². The third-order valence-corrected chi connectivity index (χ3v) is 5.62. The first-order valence-corrected chi connectivity index (χ1v) is 10.9. The van der Waals surface area contributed by atoms with Crippen molar-refractivity contribution in [2.45, 2.75) is 20.0 Å². The summed E-state index contributed by atoms with van der Waals surface area (Å²) in [4.78, 5) is 24.8. The highest BCUT2D eigenvalue weighted by Crippen LogP contribution is 2.21. The minimum atomic E-state index is -1.22. The van der Waals surface area contributed by atoms with E-state index in [1.54, 1.807) is 16.8 Å². The van der Waals surface area contributed by atoms with E-state index in [4.69, 9.17) is 23.2 Å². The van der Waals surface area contributed by atoms with Crippen molar-refractivity contribution in [3.63, 3.8) is 0 Å². The van der Waals surface area contributed by atoms with Crippen LogP contribution < -0.4 is 10.6 Å². The van der Waals surface area contributed by atoms with Gasteiger partial charge in [0.2, 0.25) is 0 Å². The number of aromatic nitrogens is 5. The van der Waals surface area contributed by atoms with Crippen LogP contribution in [0, 0.1) is 18.6 Å². The van der Waals surface area contributed by atoms with Gasteiger partial charge in [-0.1, -0.05) is 40.5 Å². The normalized spacial score (nSPS) is 10.9. The summed E-state index contributed by atoms with van der Waals surface area (Å²) < 4.78 is 28.4. The van der Waals surface area contributed by atoms with Gasteiger partial charge in [-0.15, -0.1) is 5.10 Å². The number of halogens is 4. The Labute approximate surface area is 207 Å². The number of nitrogens with zero attached hydrogens (tertiary/aromatic N) is 4. The highest BCUT2D eigenvalue weighted by molar-refractivity contribution is 6.34. The van der Waals surface area contributed by atoms with Crippen LogP contribution in [-0.4, -0.2) is 37.0 Å². The molecule has 4 rings (SSSR count). The lowest BCUT2D eigenvalue weighted by atomic mass is 10.2. The maximum absolute atomic E-state index is 13.4. The summed E-state index contributed by atoms with van der Waals surface area (Å²) in [5.41, 5.74) is 2.13. The second kappa shape index (κ2) is 10.2. The van der Waals surface area contributed by atoms with E-state index in [0.29, 0.717) is 29.4 Å². The summed E-state index contributed by atoms with van der Waals surface area (Å²) in [7, 11) is 0. The molecule has 2 heterocycles. The third-order valence-electron chi connectivity index (χ3n) is 5.06. The fourth-order valence-electron chi connectivity index (χ4n) is 3.11. The van der Waals surface area contributed by atoms with E-state index in [1.165, 1.54) is 6.07 Å². The molecule has 2 amide bonds. The van der Waals surface area contributed by atoms with Crippen LogP contribution in [-0.2, 0) is 13.1 Å². The summed E-state index contributed by atoms with van der Waals surface area (Å²) in [6.07, 6.45) is 0. The van der Waals surface area contributed by atoms with Gasteiger partial charge in [0.25, 0.3) is 11.8 Å². The zero-order valence-corrected chi connectivity index (χ0v) is 19.6. The number of carbonyl (C=O) groups excluding carboxylic acids is 2. The average molecular weight is 520 g/mol. The number of H-pyrrole nitrogens is 1. The molecule has 0 saturated carbocycles. The minimum Gasteiger partial charge on any atom is -0.345 e. The largest absolute Gasteiger partial charge is 0.345 e. The Kier molecular flexibility index (Phi) is 7.08. The second-order valence-electron chi connectivity index (χ2n) is 7.46. The summed E-state index contributed by atoms with van der Waals surface area (Å²) in [6, 6.07) is 10.0. The smallest absolute Gasteiger partial charge is 0.269 e. The number of nitrogens with one attached hydrogen (secondary N) is 3. The maximum Gasteiger partial charge on any atom is 0.269 e. The number of aromatic amines is 1. The van der Waals surface area contributed by atoms with Gasteiger partial charge in [0, 0.05) is 11.1 Å². The molecule has 0 aliphatic rings. The number of rotatable bonds is 7. The molecule has 0 bridgehead atoms. The molecule has 0 fully saturated rings. The molecule has 0 radical (unpaired) electrons. The molecule has 0 spiro atoms. The molecule has 2 aromatic heterocycles. The molecule has 0 aliphatic carbocycles. The van der Waals surface area contributed by atoms with Gasteiger partial charge in [0.05, 0.1) is 29.4 Å². The fraction of sp³-hybridized carbons (Fsp3) is 0.136. The molecule has 3 N–H and O–H groups in total. The molecule has 35 heavy (non-hydrogen) atoms. The third kappa shape index (κ3) is 5.64. The second-order valence-corrected chi connectivity index (χ2v) is 8.30. The summed E-state index contributed by atoms with van der Waals surface area (Å²) in [5.74, 6) is -3.73. The van der Waals surface area contributed by atoms with Crippen LogP contribution in [0.5, 0.6) is 0 Å². The van der Waals surface area contributed by atoms with Crippen molar-refractivity contribution in [3.05, 3.63) is 92.4 Å². The zero-order chi connectivity index (χ0) is 25.1. The Morgan fingerprint density at radius 3 is 2.51 bits per heavy atom. The van der Waals surface area contributed by atoms with E-state index < -0.39 is 23.4 Å². The van der Waals surface area contributed by atoms with Crippen LogP contribution in [0.1, 0.15) is 37.8 Å². The molecule has 0 unspecified atom stereocenters. The number of hydrogen-bond donors (Lipinski definition) is 3. The van der Waals surface area contributed by atoms with Crippen LogP contribution >= 0.6 is 23.2 Å². The standard InChI is InChI=1S/C22H17Cl2F2N7O2/c1-11-19(30-32-33(11)10-12-2-4-13(23)5-3-12)9-27-22(35)18-8-20(31-29-18)28-21(34)14-6-16(25)17(26)7-15(14)24/h2-8H,9-10H2,1H3,(H,27,35)(H2,28,29,31,34). The van der Waals surface area contributed by atoms with Crippen molar-refractivity contribution in [2.75, 3.05) is 5.32 Å². The highest BCUT2D eigenvalue weighted by Gasteiger charge is 2.18. The Morgan fingerprint density at radius 2 is 1.77 bits per heavy atom. The quantitative estimate of drug-likeness (QED) is 0.317. The lowest BCUT2D eigenvalue weighted by Crippen LogP contribution is -2.23. The Balaban J connectivity index is 1.36. The molecule has 9 nitrogen and oxygen atoms in total. The lowest BCUT2D eigenvalue weighted by molar-refractivity contribution is 0.0944. The van der Waals surface area contributed by atoms with Crippen LogP contribution in [0.4, 0.5) is 14.6 Å². The van der Waals surface area contributed by atoms with E-state index >= 15 is 0 Å². The van der Waals surface area contributed by atoms with Crippen molar-refractivity contribution >= 4 is 40.8 Å². The first kappa shape index (κ1) is 24.3. The molecule has 13 heteroatoms. The van der Waals surface area contributed by atoms with Crippen molar-refractivity contribution in [3.8, 4) is 0 Å². The van der Waals surface area contributed by atoms with Gasteiger partial charge in [0.15, 0.2) is 17.5 Å². The molecular weight excluding hydrogens is 503 g/mol. The topological polar surface area (TPSA) is 118 Å². The lowest BCUT2D eigenvalue weighted by Gasteiger charge is -2.05. The van der Waals surface area contributed by atoms with Gasteiger partial charge in [-0.3, -0.25) is 14.7 Å². The zero-order valence-electron chi connectivity index (χ0n) is 18.1. The van der Waals surface area contributed by atoms with E-state index in [0.717, 1.165) is 11.3 Å². The number of benzene rings is 2. The Bertz CT molecular complexity index is 1400. The van der Waals surface area contributed by atoms with Crippen LogP contribution in [0.3, 0.4) is 0 Å². The van der Waals surface area contributed by atoms with Gasteiger partial charge in [-0.25, -0.2) is 13.5 Å². The molecule has 0 saturated heterocycles. The molecule has 4 aromatic rings. The fourth-order valence-corrected chi connectivity index (χ4v) is 3.48. The predicted octanol–water partition coefficient (Wildman–Crippen LogP) is 4.13. The number of amides is 2. The predicted molar refractivity (Wildman–Crippen MR) is 124 cm³/mol. The Hall–Kier alpha value is -3.83. The van der Waals surface area contributed by atoms with Gasteiger partial charge >= 0.3 is 0 Å². The van der Waals surface area contributed by atoms with Crippen LogP contribution in [0.25, 0.3) is 0 Å². The Morgan fingerprint density at radius 1 is 1.06 bits per heavy atom. The molecular formula is C22H17Cl2F2N7O2. The summed E-state index contributed by atoms with van der Waals surface area (Å²) >= 11 is 11.7. The van der Waals surface area contributed by atoms with Gasteiger partial charge in [-0.2, -0.15) is 5.10 Å². The first-order valence-electron chi connectivity index (χ1n) is 10.1. The number of hydrogen-bond acceptors (Lipinski definition) is 5. The number of anilines is 1. The molecule has 180 valence electrons. The minimum absolute atomic E-state index is 0.00830. The van der Waals surface area contributed by atoms with Gasteiger partial charge in [0.1, 0.15) is 11.4 Å². The first-order chi connectivity index (χ1) is 16.7. The van der Waals surface area contributed by atoms with E-state index in [-0.39, 0.29) is 28.6 Å². The van der Waals surface area contributed by atoms with Gasteiger partial charge in [-0.05, 0) is 36.8 Å². The maximum atomic E-state index is 13.4. The monoisotopic (exact) mass is 519 g/mol. The van der Waals surface area contributed by atoms with Crippen LogP contribution in [0.15, 0.2) is 42.5 Å². The SMILES string of the molecule is Cc1c(CNC(=O)c2cc(NC(=O)c3cc(F)c(F)cc3Cl)n[nH]2)nnn1Cc1ccc(Cl)cc1. The molecule has 0 aliphatic heterocycles.